The first kappa shape index (κ1) is 76.8. The molecule has 22 nitrogen and oxygen atoms in total. The molecule has 3 saturated heterocycles. The molecule has 12 rings (SSSR count). The maximum Gasteiger partial charge on any atom is 0.293 e. The van der Waals surface area contributed by atoms with Gasteiger partial charge in [0.05, 0.1) is 55.8 Å². The van der Waals surface area contributed by atoms with E-state index in [-0.39, 0.29) is 59.2 Å². The largest absolute Gasteiger partial charge is 0.455 e. The van der Waals surface area contributed by atoms with Gasteiger partial charge in [0.15, 0.2) is 0 Å². The Kier molecular flexibility index (Phi) is 24.9. The lowest BCUT2D eigenvalue weighted by Gasteiger charge is -2.42. The van der Waals surface area contributed by atoms with Crippen LogP contribution in [0.25, 0.3) is 27.0 Å². The Morgan fingerprint density at radius 1 is 0.857 bits per heavy atom. The number of β-amino-alcohol motifs (C(OH)–C–C–N with tert-alkyl or cyclic N) is 1. The fourth-order valence-electron chi connectivity index (χ4n) is 15.9. The number of rotatable bonds is 28. The Morgan fingerprint density at radius 2 is 1.57 bits per heavy atom. The van der Waals surface area contributed by atoms with E-state index < -0.39 is 55.0 Å². The van der Waals surface area contributed by atoms with Gasteiger partial charge in [0, 0.05) is 119 Å². The summed E-state index contributed by atoms with van der Waals surface area (Å²) in [6, 6.07) is 27.7. The summed E-state index contributed by atoms with van der Waals surface area (Å²) in [5.74, 6) is -0.622. The number of nitro groups is 1. The third-order valence-corrected chi connectivity index (χ3v) is 24.7. The van der Waals surface area contributed by atoms with Crippen molar-refractivity contribution in [2.45, 2.75) is 167 Å². The number of aryl methyl sites for hydroxylation is 1. The van der Waals surface area contributed by atoms with Crippen LogP contribution in [0.3, 0.4) is 0 Å². The normalized spacial score (nSPS) is 20.6. The molecule has 0 radical (unpaired) electrons. The molecule has 3 aromatic heterocycles. The molecule has 3 amide bonds. The number of nitrogens with zero attached hydrogens (tertiary/aromatic N) is 8. The van der Waals surface area contributed by atoms with Gasteiger partial charge in [-0.15, -0.1) is 11.3 Å². The predicted molar refractivity (Wildman–Crippen MR) is 417 cm³/mol. The molecular weight excluding hydrogens is 1390 g/mol. The van der Waals surface area contributed by atoms with E-state index in [9.17, 15) is 38.0 Å². The minimum atomic E-state index is -4.62. The van der Waals surface area contributed by atoms with E-state index in [0.29, 0.717) is 43.6 Å². The summed E-state index contributed by atoms with van der Waals surface area (Å²) in [7, 11) is -4.62. The number of aromatic nitrogens is 3. The van der Waals surface area contributed by atoms with Gasteiger partial charge in [0.25, 0.3) is 21.6 Å². The number of likely N-dealkylation sites (tertiary alicyclic amines) is 1. The lowest BCUT2D eigenvalue weighted by Crippen LogP contribution is -2.56. The van der Waals surface area contributed by atoms with Crippen molar-refractivity contribution >= 4 is 84.4 Å². The highest BCUT2D eigenvalue weighted by molar-refractivity contribution is 7.90. The number of carbonyl (C=O) groups excluding carboxylic acids is 3. The van der Waals surface area contributed by atoms with Gasteiger partial charge in [-0.1, -0.05) is 107 Å². The molecule has 25 heteroatoms. The van der Waals surface area contributed by atoms with Gasteiger partial charge in [-0.2, -0.15) is 0 Å². The molecule has 6 heterocycles. The Hall–Kier alpha value is -7.81. The Balaban J connectivity index is 0.564. The number of aliphatic hydroxyl groups excluding tert-OH is 1. The van der Waals surface area contributed by atoms with E-state index in [1.54, 1.807) is 46.7 Å². The van der Waals surface area contributed by atoms with Crippen LogP contribution in [0.2, 0.25) is 5.02 Å². The first-order chi connectivity index (χ1) is 50.3. The SMILES string of the molecule is Cc1ncsc1-c1ccc([C@H](C)NC(=O)[C@@H]2C[C@@H](O)CN2C(=O)[C@@H](NCCCCCCCN2CCN(C3CCC(CNc4ccc(S(=O)(=O)NC(=O)c5ccc(N6CCN(CC7=C(c8ccc(Cl)cc8)CC(C)(C)CC7)CC6)cc5Oc5cnc6[nH]ccc6c5)cc4[N+](=O)[O-])CC3)CC2)C(C)(C)C)cc1. The molecule has 7 aromatic rings. The van der Waals surface area contributed by atoms with Gasteiger partial charge in [0.1, 0.15) is 28.9 Å². The number of halogens is 1. The Morgan fingerprint density at radius 3 is 2.29 bits per heavy atom. The first-order valence-corrected chi connectivity index (χ1v) is 40.3. The molecule has 562 valence electrons. The number of hydrogen-bond acceptors (Lipinski definition) is 18. The van der Waals surface area contributed by atoms with Gasteiger partial charge in [0.2, 0.25) is 11.8 Å². The number of aliphatic hydroxyl groups is 1. The number of allylic oxidation sites excluding steroid dienone is 1. The average molecular weight is 1490 g/mol. The van der Waals surface area contributed by atoms with Crippen LogP contribution in [0, 0.1) is 33.8 Å². The van der Waals surface area contributed by atoms with Crippen molar-refractivity contribution in [2.24, 2.45) is 16.7 Å². The molecule has 4 fully saturated rings. The lowest BCUT2D eigenvalue weighted by atomic mass is 9.72. The number of sulfonamides is 1. The summed E-state index contributed by atoms with van der Waals surface area (Å²) < 4.78 is 36.8. The molecule has 0 bridgehead atoms. The minimum Gasteiger partial charge on any atom is -0.455 e. The standard InChI is InChI=1S/C80H104ClN13O9S2/c1-53(56-15-17-58(18-16-56)73-54(2)86-52-104-73)87-77(97)71-45-64(95)51-93(71)78(98)74(79(3,4)5)82-32-11-9-8-10-12-34-89-35-39-91(40-36-89)62-23-13-55(14-24-62)48-84-69-28-26-66(46-70(69)94(99)100)105(101,102)88-76(96)67-27-25-63(44-72(67)103-65-43-59-30-33-83-75(59)85-49-65)92-41-37-90(38-42-92)50-60-29-31-80(6,7)47-68(60)57-19-21-61(81)22-20-57/h15-22,25-28,30,33,43-44,46,49,52-53,55,62,64,71,74,82,84,95H,8-14,23-24,29,31-32,34-42,45,47-48,50-51H2,1-7H3,(H,83,85)(H,87,97)(H,88,96)/t53-,55?,62?,64+,71-,74+/m0/s1. The highest BCUT2D eigenvalue weighted by Crippen LogP contribution is 2.44. The second-order valence-corrected chi connectivity index (χ2v) is 34.4. The van der Waals surface area contributed by atoms with Gasteiger partial charge < -0.3 is 45.5 Å². The second-order valence-electron chi connectivity index (χ2n) is 31.4. The Labute approximate surface area is 627 Å². The number of aromatic amines is 1. The molecule has 2 aliphatic carbocycles. The third-order valence-electron chi connectivity index (χ3n) is 22.1. The predicted octanol–water partition coefficient (Wildman–Crippen LogP) is 13.6. The summed E-state index contributed by atoms with van der Waals surface area (Å²) in [5, 5.41) is 34.8. The van der Waals surface area contributed by atoms with Crippen LogP contribution in [0.4, 0.5) is 17.1 Å². The van der Waals surface area contributed by atoms with E-state index >= 15 is 0 Å². The number of pyridine rings is 1. The number of amides is 3. The number of H-pyrrole nitrogens is 1. The van der Waals surface area contributed by atoms with Crippen molar-refractivity contribution in [3.8, 4) is 21.9 Å². The van der Waals surface area contributed by atoms with E-state index in [1.165, 1.54) is 35.0 Å². The summed E-state index contributed by atoms with van der Waals surface area (Å²) in [5.41, 5.74) is 9.96. The van der Waals surface area contributed by atoms with Crippen LogP contribution < -0.4 is 30.3 Å². The average Bonchev–Trinajstić information content (AvgIpc) is 1.67. The molecule has 6 N–H and O–H groups in total. The molecule has 5 aliphatic rings. The van der Waals surface area contributed by atoms with Crippen molar-refractivity contribution in [3.63, 3.8) is 0 Å². The summed E-state index contributed by atoms with van der Waals surface area (Å²) in [4.78, 5) is 78.5. The fraction of sp³-hybridized carbons (Fsp3) is 0.512. The summed E-state index contributed by atoms with van der Waals surface area (Å²) in [6.07, 6.45) is 15.2. The highest BCUT2D eigenvalue weighted by Gasteiger charge is 2.44. The van der Waals surface area contributed by atoms with Crippen molar-refractivity contribution < 1.29 is 37.6 Å². The van der Waals surface area contributed by atoms with E-state index in [0.717, 1.165) is 173 Å². The molecular formula is C80H104ClN13O9S2. The first-order valence-electron chi connectivity index (χ1n) is 37.6. The zero-order valence-electron chi connectivity index (χ0n) is 61.8. The number of fused-ring (bicyclic) bond motifs is 1. The second kappa shape index (κ2) is 34.0. The van der Waals surface area contributed by atoms with Gasteiger partial charge in [-0.05, 0) is 172 Å². The van der Waals surface area contributed by atoms with Gasteiger partial charge in [-0.3, -0.25) is 34.3 Å². The maximum atomic E-state index is 14.3. The zero-order valence-corrected chi connectivity index (χ0v) is 64.2. The van der Waals surface area contributed by atoms with Crippen LogP contribution >= 0.6 is 22.9 Å². The fourth-order valence-corrected chi connectivity index (χ4v) is 17.8. The monoisotopic (exact) mass is 1490 g/mol. The maximum absolute atomic E-state index is 14.3. The van der Waals surface area contributed by atoms with Crippen LogP contribution in [0.5, 0.6) is 11.5 Å². The van der Waals surface area contributed by atoms with Crippen molar-refractivity contribution in [2.75, 3.05) is 95.3 Å². The molecule has 3 aliphatic heterocycles. The van der Waals surface area contributed by atoms with Crippen LogP contribution in [-0.4, -0.2) is 180 Å². The number of ether oxygens (including phenoxy) is 1. The van der Waals surface area contributed by atoms with Crippen LogP contribution in [0.15, 0.2) is 125 Å². The van der Waals surface area contributed by atoms with Crippen molar-refractivity contribution in [1.29, 1.82) is 0 Å². The topological polar surface area (TPSA) is 264 Å². The number of hydrogen-bond donors (Lipinski definition) is 6. The van der Waals surface area contributed by atoms with Crippen molar-refractivity contribution in [3.05, 3.63) is 158 Å². The number of thiazole rings is 1. The van der Waals surface area contributed by atoms with Crippen LogP contribution in [-0.2, 0) is 19.6 Å². The zero-order chi connectivity index (χ0) is 74.2. The molecule has 105 heavy (non-hydrogen) atoms. The van der Waals surface area contributed by atoms with E-state index in [4.69, 9.17) is 16.3 Å². The molecule has 1 saturated carbocycles. The minimum absolute atomic E-state index is 0.0421. The third kappa shape index (κ3) is 19.5. The quantitative estimate of drug-likeness (QED) is 0.0151. The van der Waals surface area contributed by atoms with Gasteiger partial charge in [-0.25, -0.2) is 23.1 Å². The molecule has 0 spiro atoms. The van der Waals surface area contributed by atoms with E-state index in [2.05, 4.69) is 81.2 Å². The Bertz CT molecular complexity index is 4330. The van der Waals surface area contributed by atoms with Crippen LogP contribution in [0.1, 0.15) is 158 Å². The number of nitrogens with one attached hydrogen (secondary N) is 5. The van der Waals surface area contributed by atoms with Crippen molar-refractivity contribution in [1.82, 2.24) is 49.9 Å². The number of carbonyl (C=O) groups is 3. The van der Waals surface area contributed by atoms with E-state index in [1.807, 2.05) is 82.6 Å². The molecule has 0 unspecified atom stereocenters. The highest BCUT2D eigenvalue weighted by atomic mass is 35.5. The molecule has 4 atom stereocenters. The van der Waals surface area contributed by atoms with Gasteiger partial charge >= 0.3 is 0 Å². The molecule has 4 aromatic carbocycles. The lowest BCUT2D eigenvalue weighted by molar-refractivity contribution is -0.384. The smallest absolute Gasteiger partial charge is 0.293 e. The number of nitro benzene ring substituents is 1. The number of anilines is 2. The summed E-state index contributed by atoms with van der Waals surface area (Å²) >= 11 is 7.89. The summed E-state index contributed by atoms with van der Waals surface area (Å²) in [6.45, 7) is 25.1. The number of benzene rings is 4. The number of piperazine rings is 2. The number of unbranched alkanes of at least 4 members (excludes halogenated alkanes) is 4.